The molecule has 0 atom stereocenters. The molecular weight excluding hydrogens is 270 g/mol. The van der Waals surface area contributed by atoms with Gasteiger partial charge in [-0.1, -0.05) is 53.1 Å². The first-order chi connectivity index (χ1) is 9.83. The molecule has 1 heterocycles. The lowest BCUT2D eigenvalue weighted by molar-refractivity contribution is 0.0871. The zero-order chi connectivity index (χ0) is 13.8. The van der Waals surface area contributed by atoms with E-state index >= 15 is 0 Å². The third kappa shape index (κ3) is 2.84. The van der Waals surface area contributed by atoms with E-state index in [0.717, 1.165) is 10.5 Å². The van der Waals surface area contributed by atoms with Gasteiger partial charge in [0.1, 0.15) is 0 Å². The van der Waals surface area contributed by atoms with Crippen LogP contribution in [0.2, 0.25) is 0 Å². The minimum atomic E-state index is -0.145. The maximum atomic E-state index is 12.0. The van der Waals surface area contributed by atoms with E-state index in [9.17, 15) is 4.79 Å². The number of nitrogens with one attached hydrogen (secondary N) is 2. The van der Waals surface area contributed by atoms with Crippen molar-refractivity contribution >= 4 is 22.8 Å². The quantitative estimate of drug-likeness (QED) is 0.850. The normalized spacial score (nSPS) is 14.5. The Balaban J connectivity index is 1.61. The van der Waals surface area contributed by atoms with Crippen LogP contribution in [0.25, 0.3) is 4.91 Å². The summed E-state index contributed by atoms with van der Waals surface area (Å²) in [5.74, 6) is -0.145. The highest BCUT2D eigenvalue weighted by molar-refractivity contribution is 8.06. The Bertz CT molecular complexity index is 628. The summed E-state index contributed by atoms with van der Waals surface area (Å²) in [5.41, 5.74) is 7.54. The van der Waals surface area contributed by atoms with E-state index in [2.05, 4.69) is 10.9 Å². The summed E-state index contributed by atoms with van der Waals surface area (Å²) in [6.45, 7) is 0. The highest BCUT2D eigenvalue weighted by Gasteiger charge is 2.18. The van der Waals surface area contributed by atoms with E-state index in [1.807, 2.05) is 54.7 Å². The number of amides is 1. The van der Waals surface area contributed by atoms with Crippen molar-refractivity contribution in [2.45, 2.75) is 0 Å². The van der Waals surface area contributed by atoms with E-state index in [-0.39, 0.29) is 5.91 Å². The SMILES string of the molecule is O=C(NN1NC=C(c2ccccc2)S1)c1ccccc1. The van der Waals surface area contributed by atoms with Crippen LogP contribution >= 0.6 is 11.9 Å². The molecule has 0 unspecified atom stereocenters. The lowest BCUT2D eigenvalue weighted by Gasteiger charge is -2.15. The molecule has 2 aromatic carbocycles. The molecule has 1 aliphatic heterocycles. The van der Waals surface area contributed by atoms with Crippen molar-refractivity contribution in [3.8, 4) is 0 Å². The molecule has 0 radical (unpaired) electrons. The first-order valence-electron chi connectivity index (χ1n) is 6.19. The maximum absolute atomic E-state index is 12.0. The number of rotatable bonds is 3. The van der Waals surface area contributed by atoms with Gasteiger partial charge in [-0.05, 0) is 17.7 Å². The van der Waals surface area contributed by atoms with Gasteiger partial charge in [-0.2, -0.15) is 0 Å². The summed E-state index contributed by atoms with van der Waals surface area (Å²) in [7, 11) is 0. The highest BCUT2D eigenvalue weighted by atomic mass is 32.2. The molecular formula is C15H13N3OS. The summed E-state index contributed by atoms with van der Waals surface area (Å²) in [4.78, 5) is 13.1. The van der Waals surface area contributed by atoms with Crippen LogP contribution in [0.3, 0.4) is 0 Å². The van der Waals surface area contributed by atoms with Gasteiger partial charge in [0.25, 0.3) is 5.91 Å². The molecule has 20 heavy (non-hydrogen) atoms. The second kappa shape index (κ2) is 5.81. The van der Waals surface area contributed by atoms with Gasteiger partial charge in [-0.3, -0.25) is 15.6 Å². The third-order valence-electron chi connectivity index (χ3n) is 2.80. The topological polar surface area (TPSA) is 44.4 Å². The zero-order valence-electron chi connectivity index (χ0n) is 10.6. The molecule has 0 fully saturated rings. The largest absolute Gasteiger partial charge is 0.297 e. The predicted molar refractivity (Wildman–Crippen MR) is 80.9 cm³/mol. The average Bonchev–Trinajstić information content (AvgIpc) is 2.97. The highest BCUT2D eigenvalue weighted by Crippen LogP contribution is 2.31. The minimum Gasteiger partial charge on any atom is -0.297 e. The lowest BCUT2D eigenvalue weighted by atomic mass is 10.2. The Labute approximate surface area is 121 Å². The molecule has 4 nitrogen and oxygen atoms in total. The van der Waals surface area contributed by atoms with Gasteiger partial charge in [-0.25, -0.2) is 0 Å². The Morgan fingerprint density at radius 1 is 1.00 bits per heavy atom. The van der Waals surface area contributed by atoms with Crippen LogP contribution in [0, 0.1) is 0 Å². The van der Waals surface area contributed by atoms with Gasteiger partial charge in [0.2, 0.25) is 0 Å². The molecule has 0 aliphatic carbocycles. The monoisotopic (exact) mass is 283 g/mol. The molecule has 0 saturated carbocycles. The third-order valence-corrected chi connectivity index (χ3v) is 3.73. The summed E-state index contributed by atoms with van der Waals surface area (Å²) in [5, 5.41) is 0. The molecule has 0 bridgehead atoms. The van der Waals surface area contributed by atoms with E-state index in [0.29, 0.717) is 5.56 Å². The molecule has 0 saturated heterocycles. The Hall–Kier alpha value is -2.24. The first kappa shape index (κ1) is 12.8. The summed E-state index contributed by atoms with van der Waals surface area (Å²) in [6, 6.07) is 19.1. The Kier molecular flexibility index (Phi) is 3.71. The smallest absolute Gasteiger partial charge is 0.267 e. The van der Waals surface area contributed by atoms with Crippen LogP contribution in [-0.4, -0.2) is 10.4 Å². The molecule has 1 amide bonds. The fraction of sp³-hybridized carbons (Fsp3) is 0. The average molecular weight is 283 g/mol. The fourth-order valence-corrected chi connectivity index (χ4v) is 2.59. The summed E-state index contributed by atoms with van der Waals surface area (Å²) in [6.07, 6.45) is 1.87. The number of hydrazine groups is 2. The van der Waals surface area contributed by atoms with Gasteiger partial charge in [0.15, 0.2) is 0 Å². The molecule has 1 aliphatic rings. The molecule has 2 N–H and O–H groups in total. The van der Waals surface area contributed by atoms with Crippen LogP contribution in [0.5, 0.6) is 0 Å². The first-order valence-corrected chi connectivity index (χ1v) is 6.96. The Morgan fingerprint density at radius 2 is 1.65 bits per heavy atom. The Morgan fingerprint density at radius 3 is 2.35 bits per heavy atom. The molecule has 0 spiro atoms. The molecule has 3 rings (SSSR count). The summed E-state index contributed by atoms with van der Waals surface area (Å²) >= 11 is 1.44. The number of hydrogen-bond donors (Lipinski definition) is 2. The van der Waals surface area contributed by atoms with Gasteiger partial charge in [0.05, 0.1) is 4.91 Å². The van der Waals surface area contributed by atoms with Crippen LogP contribution in [0.4, 0.5) is 0 Å². The number of benzene rings is 2. The predicted octanol–water partition coefficient (Wildman–Crippen LogP) is 2.80. The maximum Gasteiger partial charge on any atom is 0.267 e. The number of hydrogen-bond acceptors (Lipinski definition) is 4. The van der Waals surface area contributed by atoms with Crippen LogP contribution in [0.15, 0.2) is 66.9 Å². The molecule has 0 aromatic heterocycles. The zero-order valence-corrected chi connectivity index (χ0v) is 11.4. The van der Waals surface area contributed by atoms with Gasteiger partial charge >= 0.3 is 0 Å². The van der Waals surface area contributed by atoms with Crippen molar-refractivity contribution in [3.63, 3.8) is 0 Å². The van der Waals surface area contributed by atoms with Crippen molar-refractivity contribution in [2.75, 3.05) is 0 Å². The fourth-order valence-electron chi connectivity index (χ4n) is 1.81. The number of carbonyl (C=O) groups excluding carboxylic acids is 1. The van der Waals surface area contributed by atoms with E-state index < -0.39 is 0 Å². The van der Waals surface area contributed by atoms with Crippen molar-refractivity contribution in [3.05, 3.63) is 78.0 Å². The number of carbonyl (C=O) groups is 1. The van der Waals surface area contributed by atoms with E-state index in [4.69, 9.17) is 0 Å². The molecule has 5 heteroatoms. The lowest BCUT2D eigenvalue weighted by Crippen LogP contribution is -2.41. The van der Waals surface area contributed by atoms with Crippen LogP contribution in [-0.2, 0) is 0 Å². The van der Waals surface area contributed by atoms with Crippen molar-refractivity contribution in [1.82, 2.24) is 15.4 Å². The minimum absolute atomic E-state index is 0.145. The van der Waals surface area contributed by atoms with E-state index in [1.165, 1.54) is 11.9 Å². The second-order valence-electron chi connectivity index (χ2n) is 4.20. The van der Waals surface area contributed by atoms with Crippen LogP contribution in [0.1, 0.15) is 15.9 Å². The van der Waals surface area contributed by atoms with Crippen LogP contribution < -0.4 is 10.9 Å². The van der Waals surface area contributed by atoms with Gasteiger partial charge in [-0.15, -0.1) is 0 Å². The summed E-state index contributed by atoms with van der Waals surface area (Å²) < 4.78 is 1.59. The molecule has 100 valence electrons. The standard InChI is InChI=1S/C15H13N3OS/c19-15(13-9-5-2-6-10-13)17-18-16-11-14(20-18)12-7-3-1-4-8-12/h1-11,16H,(H,17,19). The number of nitrogens with zero attached hydrogens (tertiary/aromatic N) is 1. The van der Waals surface area contributed by atoms with Gasteiger partial charge in [0, 0.05) is 23.7 Å². The molecule has 2 aromatic rings. The van der Waals surface area contributed by atoms with Gasteiger partial charge < -0.3 is 0 Å². The van der Waals surface area contributed by atoms with E-state index in [1.54, 1.807) is 16.7 Å². The van der Waals surface area contributed by atoms with Crippen molar-refractivity contribution in [2.24, 2.45) is 0 Å². The van der Waals surface area contributed by atoms with Crippen molar-refractivity contribution in [1.29, 1.82) is 0 Å². The second-order valence-corrected chi connectivity index (χ2v) is 5.18. The van der Waals surface area contributed by atoms with Crippen molar-refractivity contribution < 1.29 is 4.79 Å².